The molecular formula is C17H20Cl2N2O4. The number of nitrogens with one attached hydrogen (secondary N) is 1. The van der Waals surface area contributed by atoms with E-state index < -0.39 is 17.9 Å². The van der Waals surface area contributed by atoms with Gasteiger partial charge >= 0.3 is 5.97 Å². The summed E-state index contributed by atoms with van der Waals surface area (Å²) in [7, 11) is 0. The zero-order valence-electron chi connectivity index (χ0n) is 13.9. The quantitative estimate of drug-likeness (QED) is 0.602. The summed E-state index contributed by atoms with van der Waals surface area (Å²) >= 11 is 11.9. The van der Waals surface area contributed by atoms with Gasteiger partial charge in [0.15, 0.2) is 0 Å². The summed E-state index contributed by atoms with van der Waals surface area (Å²) < 4.78 is 5.11. The molecule has 0 saturated carbocycles. The first kappa shape index (κ1) is 19.5. The highest BCUT2D eigenvalue weighted by molar-refractivity contribution is 6.36. The highest BCUT2D eigenvalue weighted by atomic mass is 35.5. The van der Waals surface area contributed by atoms with Gasteiger partial charge < -0.3 is 15.0 Å². The molecule has 1 heterocycles. The number of unbranched alkanes of at least 4 members (excludes halogenated alkanes) is 1. The van der Waals surface area contributed by atoms with E-state index in [4.69, 9.17) is 27.9 Å². The van der Waals surface area contributed by atoms with Crippen molar-refractivity contribution >= 4 is 41.0 Å². The summed E-state index contributed by atoms with van der Waals surface area (Å²) in [5.74, 6) is -1.30. The van der Waals surface area contributed by atoms with E-state index in [0.717, 1.165) is 12.8 Å². The number of ether oxygens (including phenoxy) is 1. The number of hydrogen-bond donors (Lipinski definition) is 1. The first-order valence-electron chi connectivity index (χ1n) is 8.13. The number of rotatable bonds is 6. The number of esters is 1. The van der Waals surface area contributed by atoms with Crippen molar-refractivity contribution in [2.24, 2.45) is 0 Å². The average molecular weight is 387 g/mol. The second-order valence-electron chi connectivity index (χ2n) is 5.71. The summed E-state index contributed by atoms with van der Waals surface area (Å²) in [5.41, 5.74) is 0.241. The third-order valence-corrected chi connectivity index (χ3v) is 4.42. The van der Waals surface area contributed by atoms with Crippen LogP contribution in [0, 0.1) is 0 Å². The van der Waals surface area contributed by atoms with Gasteiger partial charge in [-0.25, -0.2) is 0 Å². The van der Waals surface area contributed by atoms with E-state index in [1.807, 2.05) is 6.92 Å². The highest BCUT2D eigenvalue weighted by Gasteiger charge is 2.36. The van der Waals surface area contributed by atoms with Crippen LogP contribution in [0.1, 0.15) is 36.5 Å². The third kappa shape index (κ3) is 5.09. The van der Waals surface area contributed by atoms with Crippen molar-refractivity contribution in [3.63, 3.8) is 0 Å². The number of halogens is 2. The van der Waals surface area contributed by atoms with Crippen molar-refractivity contribution in [3.05, 3.63) is 33.8 Å². The van der Waals surface area contributed by atoms with E-state index in [-0.39, 0.29) is 29.5 Å². The number of piperazine rings is 1. The van der Waals surface area contributed by atoms with Crippen LogP contribution in [0.2, 0.25) is 10.0 Å². The van der Waals surface area contributed by atoms with Crippen LogP contribution >= 0.6 is 23.2 Å². The molecule has 0 aromatic heterocycles. The molecule has 8 heteroatoms. The molecule has 136 valence electrons. The molecule has 1 N–H and O–H groups in total. The molecule has 2 rings (SSSR count). The lowest BCUT2D eigenvalue weighted by molar-refractivity contribution is -0.147. The van der Waals surface area contributed by atoms with E-state index in [1.54, 1.807) is 6.07 Å². The molecule has 0 unspecified atom stereocenters. The molecule has 1 fully saturated rings. The third-order valence-electron chi connectivity index (χ3n) is 3.87. The van der Waals surface area contributed by atoms with Gasteiger partial charge in [0.1, 0.15) is 6.04 Å². The van der Waals surface area contributed by atoms with Crippen LogP contribution in [0.25, 0.3) is 0 Å². The predicted octanol–water partition coefficient (Wildman–Crippen LogP) is 2.67. The second kappa shape index (κ2) is 9.06. The van der Waals surface area contributed by atoms with Crippen LogP contribution in [-0.2, 0) is 14.3 Å². The zero-order valence-corrected chi connectivity index (χ0v) is 15.4. The summed E-state index contributed by atoms with van der Waals surface area (Å²) in [6, 6.07) is 3.62. The molecule has 0 radical (unpaired) electrons. The SMILES string of the molecule is CCCCOC(=O)C[C@H]1C(=O)NCCN1C(=O)c1ccc(Cl)cc1Cl. The fourth-order valence-electron chi connectivity index (χ4n) is 2.53. The molecule has 0 aliphatic carbocycles. The molecule has 6 nitrogen and oxygen atoms in total. The lowest BCUT2D eigenvalue weighted by Gasteiger charge is -2.34. The number of hydrogen-bond acceptors (Lipinski definition) is 4. The highest BCUT2D eigenvalue weighted by Crippen LogP contribution is 2.24. The number of carbonyl (C=O) groups excluding carboxylic acids is 3. The van der Waals surface area contributed by atoms with E-state index in [2.05, 4.69) is 5.32 Å². The molecule has 1 aromatic rings. The number of carbonyl (C=O) groups is 3. The van der Waals surface area contributed by atoms with Gasteiger partial charge in [-0.1, -0.05) is 36.5 Å². The Morgan fingerprint density at radius 3 is 2.80 bits per heavy atom. The van der Waals surface area contributed by atoms with Crippen LogP contribution in [0.5, 0.6) is 0 Å². The van der Waals surface area contributed by atoms with Gasteiger partial charge in [-0.3, -0.25) is 14.4 Å². The standard InChI is InChI=1S/C17H20Cl2N2O4/c1-2-3-8-25-15(22)10-14-16(23)20-6-7-21(14)17(24)12-5-4-11(18)9-13(12)19/h4-5,9,14H,2-3,6-8,10H2,1H3,(H,20,23)/t14-/m0/s1. The van der Waals surface area contributed by atoms with Gasteiger partial charge in [0, 0.05) is 18.1 Å². The maximum atomic E-state index is 12.8. The minimum atomic E-state index is -0.915. The van der Waals surface area contributed by atoms with E-state index >= 15 is 0 Å². The number of benzene rings is 1. The smallest absolute Gasteiger partial charge is 0.308 e. The largest absolute Gasteiger partial charge is 0.466 e. The summed E-state index contributed by atoms with van der Waals surface area (Å²) in [5, 5.41) is 3.28. The minimum absolute atomic E-state index is 0.188. The lowest BCUT2D eigenvalue weighted by atomic mass is 10.1. The van der Waals surface area contributed by atoms with Gasteiger partial charge in [-0.15, -0.1) is 0 Å². The maximum absolute atomic E-state index is 12.8. The molecule has 1 atom stereocenters. The fraction of sp³-hybridized carbons (Fsp3) is 0.471. The van der Waals surface area contributed by atoms with Crippen LogP contribution in [0.3, 0.4) is 0 Å². The number of amides is 2. The Morgan fingerprint density at radius 1 is 1.36 bits per heavy atom. The van der Waals surface area contributed by atoms with Gasteiger partial charge in [0.2, 0.25) is 5.91 Å². The predicted molar refractivity (Wildman–Crippen MR) is 94.8 cm³/mol. The monoisotopic (exact) mass is 386 g/mol. The van der Waals surface area contributed by atoms with Crippen LogP contribution < -0.4 is 5.32 Å². The molecule has 0 bridgehead atoms. The van der Waals surface area contributed by atoms with Crippen molar-refractivity contribution in [3.8, 4) is 0 Å². The topological polar surface area (TPSA) is 75.7 Å². The molecule has 1 aliphatic rings. The van der Waals surface area contributed by atoms with E-state index in [0.29, 0.717) is 18.2 Å². The Kier molecular flexibility index (Phi) is 7.08. The van der Waals surface area contributed by atoms with E-state index in [9.17, 15) is 14.4 Å². The van der Waals surface area contributed by atoms with Crippen LogP contribution in [-0.4, -0.2) is 48.4 Å². The summed E-state index contributed by atoms with van der Waals surface area (Å²) in [6.07, 6.45) is 1.47. The van der Waals surface area contributed by atoms with Gasteiger partial charge in [-0.2, -0.15) is 0 Å². The van der Waals surface area contributed by atoms with Gasteiger partial charge in [0.05, 0.1) is 23.6 Å². The van der Waals surface area contributed by atoms with Crippen LogP contribution in [0.4, 0.5) is 0 Å². The van der Waals surface area contributed by atoms with Gasteiger partial charge in [-0.05, 0) is 24.6 Å². The molecule has 1 aromatic carbocycles. The zero-order chi connectivity index (χ0) is 18.4. The van der Waals surface area contributed by atoms with Crippen molar-refractivity contribution in [1.82, 2.24) is 10.2 Å². The molecular weight excluding hydrogens is 367 g/mol. The Balaban J connectivity index is 2.14. The first-order chi connectivity index (χ1) is 11.9. The van der Waals surface area contributed by atoms with Crippen molar-refractivity contribution in [1.29, 1.82) is 0 Å². The van der Waals surface area contributed by atoms with E-state index in [1.165, 1.54) is 17.0 Å². The Labute approximate surface area is 156 Å². The summed E-state index contributed by atoms with van der Waals surface area (Å²) in [4.78, 5) is 38.3. The molecule has 2 amide bonds. The maximum Gasteiger partial charge on any atom is 0.308 e. The Bertz CT molecular complexity index is 666. The molecule has 1 saturated heterocycles. The minimum Gasteiger partial charge on any atom is -0.466 e. The van der Waals surface area contributed by atoms with Crippen molar-refractivity contribution in [2.75, 3.05) is 19.7 Å². The molecule has 0 spiro atoms. The second-order valence-corrected chi connectivity index (χ2v) is 6.55. The van der Waals surface area contributed by atoms with Crippen molar-refractivity contribution in [2.45, 2.75) is 32.2 Å². The van der Waals surface area contributed by atoms with Gasteiger partial charge in [0.25, 0.3) is 5.91 Å². The first-order valence-corrected chi connectivity index (χ1v) is 8.89. The summed E-state index contributed by atoms with van der Waals surface area (Å²) in [6.45, 7) is 2.90. The van der Waals surface area contributed by atoms with Crippen molar-refractivity contribution < 1.29 is 19.1 Å². The lowest BCUT2D eigenvalue weighted by Crippen LogP contribution is -2.57. The number of nitrogens with zero attached hydrogens (tertiary/aromatic N) is 1. The Morgan fingerprint density at radius 2 is 2.12 bits per heavy atom. The fourth-order valence-corrected chi connectivity index (χ4v) is 3.01. The Hall–Kier alpha value is -1.79. The molecule has 1 aliphatic heterocycles. The molecule has 25 heavy (non-hydrogen) atoms. The van der Waals surface area contributed by atoms with Crippen LogP contribution in [0.15, 0.2) is 18.2 Å². The average Bonchev–Trinajstić information content (AvgIpc) is 2.56. The normalized spacial score (nSPS) is 17.2.